The number of pyridine rings is 1. The molecule has 0 spiro atoms. The fourth-order valence-electron chi connectivity index (χ4n) is 0.727. The van der Waals surface area contributed by atoms with Crippen LogP contribution in [0.1, 0.15) is 12.8 Å². The largest absolute Gasteiger partial charge is 0.493 e. The van der Waals surface area contributed by atoms with Crippen LogP contribution in [0.15, 0.2) is 24.5 Å². The normalized spacial score (nSPS) is 9.55. The van der Waals surface area contributed by atoms with Crippen LogP contribution in [0.3, 0.4) is 0 Å². The van der Waals surface area contributed by atoms with E-state index in [1.807, 2.05) is 12.1 Å². The van der Waals surface area contributed by atoms with Crippen LogP contribution in [0.25, 0.3) is 0 Å². The summed E-state index contributed by atoms with van der Waals surface area (Å²) < 4.78 is 5.37. The van der Waals surface area contributed by atoms with E-state index < -0.39 is 0 Å². The summed E-state index contributed by atoms with van der Waals surface area (Å²) >= 11 is 0. The Bertz CT molecular complexity index is 186. The maximum Gasteiger partial charge on any atom is 0.122 e. The molecule has 0 aliphatic rings. The Morgan fingerprint density at radius 2 is 2.09 bits per heavy atom. The maximum atomic E-state index is 5.37. The molecule has 1 aromatic heterocycles. The molecular weight excluding hydrogens is 138 g/mol. The number of aromatic nitrogens is 1. The van der Waals surface area contributed by atoms with Crippen LogP contribution in [-0.4, -0.2) is 11.6 Å². The lowest BCUT2D eigenvalue weighted by atomic mass is 10.3. The third-order valence-electron chi connectivity index (χ3n) is 1.31. The van der Waals surface area contributed by atoms with Gasteiger partial charge in [-0.05, 0) is 18.6 Å². The van der Waals surface area contributed by atoms with Crippen molar-refractivity contribution in [3.63, 3.8) is 0 Å². The molecule has 2 heteroatoms. The van der Waals surface area contributed by atoms with E-state index in [9.17, 15) is 0 Å². The van der Waals surface area contributed by atoms with E-state index in [1.54, 1.807) is 12.4 Å². The molecule has 0 aliphatic heterocycles. The first-order chi connectivity index (χ1) is 5.43. The van der Waals surface area contributed by atoms with Gasteiger partial charge in [-0.15, -0.1) is 0 Å². The first kappa shape index (κ1) is 8.05. The molecule has 0 atom stereocenters. The molecule has 0 saturated carbocycles. The SMILES string of the molecule is [CH2]CCCOc1ccncc1. The van der Waals surface area contributed by atoms with Crippen LogP contribution in [0.2, 0.25) is 0 Å². The molecule has 1 aromatic rings. The van der Waals surface area contributed by atoms with Crippen molar-refractivity contribution in [2.24, 2.45) is 0 Å². The van der Waals surface area contributed by atoms with Gasteiger partial charge in [0.2, 0.25) is 0 Å². The Balaban J connectivity index is 2.28. The van der Waals surface area contributed by atoms with E-state index >= 15 is 0 Å². The third kappa shape index (κ3) is 3.03. The van der Waals surface area contributed by atoms with Crippen molar-refractivity contribution < 1.29 is 4.74 Å². The molecule has 0 aliphatic carbocycles. The van der Waals surface area contributed by atoms with Crippen molar-refractivity contribution in [1.82, 2.24) is 4.98 Å². The number of ether oxygens (including phenoxy) is 1. The van der Waals surface area contributed by atoms with Gasteiger partial charge < -0.3 is 4.74 Å². The van der Waals surface area contributed by atoms with Crippen LogP contribution in [0, 0.1) is 6.92 Å². The lowest BCUT2D eigenvalue weighted by molar-refractivity contribution is 0.311. The summed E-state index contributed by atoms with van der Waals surface area (Å²) in [5.41, 5.74) is 0. The van der Waals surface area contributed by atoms with Crippen molar-refractivity contribution in [1.29, 1.82) is 0 Å². The van der Waals surface area contributed by atoms with Gasteiger partial charge in [0.1, 0.15) is 5.75 Å². The Morgan fingerprint density at radius 1 is 1.36 bits per heavy atom. The fourth-order valence-corrected chi connectivity index (χ4v) is 0.727. The van der Waals surface area contributed by atoms with Gasteiger partial charge in [0, 0.05) is 12.4 Å². The molecule has 0 unspecified atom stereocenters. The Morgan fingerprint density at radius 3 is 2.73 bits per heavy atom. The molecule has 0 bridgehead atoms. The van der Waals surface area contributed by atoms with Gasteiger partial charge in [0.15, 0.2) is 0 Å². The molecule has 2 nitrogen and oxygen atoms in total. The molecule has 11 heavy (non-hydrogen) atoms. The molecule has 0 fully saturated rings. The molecule has 0 N–H and O–H groups in total. The first-order valence-corrected chi connectivity index (χ1v) is 3.75. The van der Waals surface area contributed by atoms with E-state index in [-0.39, 0.29) is 0 Å². The minimum absolute atomic E-state index is 0.744. The highest BCUT2D eigenvalue weighted by molar-refractivity contribution is 5.16. The second-order valence-corrected chi connectivity index (χ2v) is 2.24. The van der Waals surface area contributed by atoms with Crippen molar-refractivity contribution >= 4 is 0 Å². The summed E-state index contributed by atoms with van der Waals surface area (Å²) in [7, 11) is 0. The van der Waals surface area contributed by atoms with Crippen molar-refractivity contribution in [2.45, 2.75) is 12.8 Å². The van der Waals surface area contributed by atoms with Gasteiger partial charge in [-0.2, -0.15) is 0 Å². The molecule has 0 aromatic carbocycles. The van der Waals surface area contributed by atoms with Crippen LogP contribution < -0.4 is 4.74 Å². The first-order valence-electron chi connectivity index (χ1n) is 3.75. The van der Waals surface area contributed by atoms with Crippen molar-refractivity contribution in [3.8, 4) is 5.75 Å². The summed E-state index contributed by atoms with van der Waals surface area (Å²) in [6, 6.07) is 3.70. The van der Waals surface area contributed by atoms with Gasteiger partial charge in [-0.1, -0.05) is 13.3 Å². The second-order valence-electron chi connectivity index (χ2n) is 2.24. The van der Waals surface area contributed by atoms with Gasteiger partial charge in [-0.3, -0.25) is 4.98 Å². The van der Waals surface area contributed by atoms with E-state index in [2.05, 4.69) is 11.9 Å². The Kier molecular flexibility index (Phi) is 3.45. The maximum absolute atomic E-state index is 5.37. The molecular formula is C9H12NO. The number of hydrogen-bond acceptors (Lipinski definition) is 2. The number of rotatable bonds is 4. The van der Waals surface area contributed by atoms with E-state index in [0.717, 1.165) is 25.2 Å². The quantitative estimate of drug-likeness (QED) is 0.613. The molecule has 1 radical (unpaired) electrons. The van der Waals surface area contributed by atoms with Crippen LogP contribution in [0.4, 0.5) is 0 Å². The second kappa shape index (κ2) is 4.72. The smallest absolute Gasteiger partial charge is 0.122 e. The number of hydrogen-bond donors (Lipinski definition) is 0. The number of nitrogens with zero attached hydrogens (tertiary/aromatic N) is 1. The number of unbranched alkanes of at least 4 members (excludes halogenated alkanes) is 1. The van der Waals surface area contributed by atoms with Crippen LogP contribution in [-0.2, 0) is 0 Å². The standard InChI is InChI=1S/C9H12NO/c1-2-3-8-11-9-4-6-10-7-5-9/h4-7H,1-3,8H2. The summed E-state index contributed by atoms with van der Waals surface area (Å²) in [6.07, 6.45) is 5.37. The van der Waals surface area contributed by atoms with Gasteiger partial charge >= 0.3 is 0 Å². The highest BCUT2D eigenvalue weighted by Gasteiger charge is 1.88. The zero-order chi connectivity index (χ0) is 7.94. The average molecular weight is 150 g/mol. The minimum atomic E-state index is 0.744. The minimum Gasteiger partial charge on any atom is -0.493 e. The predicted octanol–water partition coefficient (Wildman–Crippen LogP) is 2.07. The van der Waals surface area contributed by atoms with Crippen molar-refractivity contribution in [3.05, 3.63) is 31.5 Å². The van der Waals surface area contributed by atoms with Crippen LogP contribution >= 0.6 is 0 Å². The monoisotopic (exact) mass is 150 g/mol. The lowest BCUT2D eigenvalue weighted by Gasteiger charge is -2.02. The Hall–Kier alpha value is -1.05. The van der Waals surface area contributed by atoms with Crippen molar-refractivity contribution in [2.75, 3.05) is 6.61 Å². The molecule has 1 rings (SSSR count). The molecule has 1 heterocycles. The molecule has 0 amide bonds. The highest BCUT2D eigenvalue weighted by Crippen LogP contribution is 2.06. The zero-order valence-corrected chi connectivity index (χ0v) is 6.49. The van der Waals surface area contributed by atoms with Gasteiger partial charge in [-0.25, -0.2) is 0 Å². The topological polar surface area (TPSA) is 22.1 Å². The molecule has 59 valence electrons. The molecule has 0 saturated heterocycles. The van der Waals surface area contributed by atoms with Crippen LogP contribution in [0.5, 0.6) is 5.75 Å². The summed E-state index contributed by atoms with van der Waals surface area (Å²) in [6.45, 7) is 4.47. The summed E-state index contributed by atoms with van der Waals surface area (Å²) in [5.74, 6) is 0.883. The van der Waals surface area contributed by atoms with E-state index in [0.29, 0.717) is 0 Å². The Labute approximate surface area is 67.2 Å². The van der Waals surface area contributed by atoms with Gasteiger partial charge in [0.25, 0.3) is 0 Å². The highest BCUT2D eigenvalue weighted by atomic mass is 16.5. The summed E-state index contributed by atoms with van der Waals surface area (Å²) in [4.78, 5) is 3.88. The van der Waals surface area contributed by atoms with E-state index in [1.165, 1.54) is 0 Å². The predicted molar refractivity (Wildman–Crippen MR) is 44.3 cm³/mol. The van der Waals surface area contributed by atoms with Gasteiger partial charge in [0.05, 0.1) is 6.61 Å². The third-order valence-corrected chi connectivity index (χ3v) is 1.31. The zero-order valence-electron chi connectivity index (χ0n) is 6.49. The lowest BCUT2D eigenvalue weighted by Crippen LogP contribution is -1.95. The fraction of sp³-hybridized carbons (Fsp3) is 0.333. The average Bonchev–Trinajstić information content (AvgIpc) is 2.07. The van der Waals surface area contributed by atoms with E-state index in [4.69, 9.17) is 4.74 Å². The summed E-state index contributed by atoms with van der Waals surface area (Å²) in [5, 5.41) is 0.